The molecule has 1 aliphatic heterocycles. The average molecular weight is 183 g/mol. The van der Waals surface area contributed by atoms with Gasteiger partial charge in [-0.25, -0.2) is 0 Å². The van der Waals surface area contributed by atoms with Gasteiger partial charge in [-0.15, -0.1) is 0 Å². The second-order valence-corrected chi connectivity index (χ2v) is 5.86. The number of nitrogens with zero attached hydrogens (tertiary/aromatic N) is 1. The quantitative estimate of drug-likeness (QED) is 0.603. The van der Waals surface area contributed by atoms with Crippen LogP contribution in [0.5, 0.6) is 0 Å². The highest BCUT2D eigenvalue weighted by Gasteiger charge is 2.38. The van der Waals surface area contributed by atoms with Crippen LogP contribution in [0.25, 0.3) is 0 Å². The Kier molecular flexibility index (Phi) is 3.06. The Morgan fingerprint density at radius 2 is 1.23 bits per heavy atom. The van der Waals surface area contributed by atoms with Gasteiger partial charge >= 0.3 is 0 Å². The average Bonchev–Trinajstić information content (AvgIpc) is 2.04. The molecule has 0 aliphatic carbocycles. The fourth-order valence-corrected chi connectivity index (χ4v) is 1.93. The number of hydrogen-bond donors (Lipinski definition) is 0. The van der Waals surface area contributed by atoms with Crippen molar-refractivity contribution < 1.29 is 0 Å². The van der Waals surface area contributed by atoms with Gasteiger partial charge < -0.3 is 0 Å². The van der Waals surface area contributed by atoms with Crippen LogP contribution in [0.1, 0.15) is 53.9 Å². The first-order chi connectivity index (χ1) is 5.86. The van der Waals surface area contributed by atoms with E-state index in [-0.39, 0.29) is 0 Å². The highest BCUT2D eigenvalue weighted by molar-refractivity contribution is 4.93. The Hall–Kier alpha value is -0.0400. The van der Waals surface area contributed by atoms with Gasteiger partial charge in [0.2, 0.25) is 0 Å². The number of hydrogen-bond acceptors (Lipinski definition) is 1. The topological polar surface area (TPSA) is 3.24 Å². The van der Waals surface area contributed by atoms with E-state index in [1.165, 1.54) is 32.4 Å². The molecule has 0 bridgehead atoms. The molecule has 0 aromatic heterocycles. The lowest BCUT2D eigenvalue weighted by Crippen LogP contribution is -2.54. The first-order valence-electron chi connectivity index (χ1n) is 5.61. The molecule has 1 aliphatic rings. The maximum Gasteiger partial charge on any atom is 0.0201 e. The zero-order chi connectivity index (χ0) is 10.1. The lowest BCUT2D eigenvalue weighted by atomic mass is 9.74. The molecule has 0 aromatic carbocycles. The van der Waals surface area contributed by atoms with Gasteiger partial charge in [0.15, 0.2) is 0 Å². The molecule has 0 unspecified atom stereocenters. The number of rotatable bonds is 1. The molecule has 0 aromatic rings. The predicted molar refractivity (Wildman–Crippen MR) is 59.0 cm³/mol. The van der Waals surface area contributed by atoms with Crippen LogP contribution >= 0.6 is 0 Å². The van der Waals surface area contributed by atoms with Crippen LogP contribution < -0.4 is 0 Å². The van der Waals surface area contributed by atoms with Gasteiger partial charge in [-0.05, 0) is 45.2 Å². The van der Waals surface area contributed by atoms with Crippen molar-refractivity contribution in [1.82, 2.24) is 4.90 Å². The van der Waals surface area contributed by atoms with E-state index in [2.05, 4.69) is 39.5 Å². The Balaban J connectivity index is 2.67. The van der Waals surface area contributed by atoms with E-state index in [1.807, 2.05) is 0 Å². The molecule has 0 atom stereocenters. The van der Waals surface area contributed by atoms with E-state index in [9.17, 15) is 0 Å². The standard InChI is InChI=1S/C12H25N/c1-11(2,3)12(4,5)13-9-7-6-8-10-13/h6-10H2,1-5H3. The summed E-state index contributed by atoms with van der Waals surface area (Å²) in [6, 6.07) is 0. The summed E-state index contributed by atoms with van der Waals surface area (Å²) in [5.41, 5.74) is 0.720. The van der Waals surface area contributed by atoms with Crippen LogP contribution in [-0.2, 0) is 0 Å². The van der Waals surface area contributed by atoms with Crippen molar-refractivity contribution >= 4 is 0 Å². The lowest BCUT2D eigenvalue weighted by molar-refractivity contribution is 0.00838. The second-order valence-electron chi connectivity index (χ2n) is 5.86. The maximum absolute atomic E-state index is 2.66. The Morgan fingerprint density at radius 3 is 1.62 bits per heavy atom. The van der Waals surface area contributed by atoms with Gasteiger partial charge in [0.25, 0.3) is 0 Å². The van der Waals surface area contributed by atoms with Crippen molar-refractivity contribution in [3.63, 3.8) is 0 Å². The minimum absolute atomic E-state index is 0.341. The second kappa shape index (κ2) is 3.61. The van der Waals surface area contributed by atoms with Crippen LogP contribution in [0, 0.1) is 5.41 Å². The Bertz CT molecular complexity index is 158. The third-order valence-corrected chi connectivity index (χ3v) is 3.98. The van der Waals surface area contributed by atoms with E-state index in [1.54, 1.807) is 0 Å². The van der Waals surface area contributed by atoms with Crippen molar-refractivity contribution in [3.8, 4) is 0 Å². The van der Waals surface area contributed by atoms with Gasteiger partial charge in [-0.3, -0.25) is 4.90 Å². The minimum atomic E-state index is 0.341. The van der Waals surface area contributed by atoms with Crippen LogP contribution in [0.15, 0.2) is 0 Å². The molecule has 0 amide bonds. The van der Waals surface area contributed by atoms with Gasteiger partial charge in [0.1, 0.15) is 0 Å². The molecule has 0 radical (unpaired) electrons. The first-order valence-corrected chi connectivity index (χ1v) is 5.61. The van der Waals surface area contributed by atoms with Crippen molar-refractivity contribution in [2.45, 2.75) is 59.4 Å². The van der Waals surface area contributed by atoms with E-state index in [0.29, 0.717) is 11.0 Å². The molecular formula is C12H25N. The normalized spacial score (nSPS) is 21.9. The largest absolute Gasteiger partial charge is 0.298 e. The van der Waals surface area contributed by atoms with Crippen molar-refractivity contribution in [2.24, 2.45) is 5.41 Å². The highest BCUT2D eigenvalue weighted by atomic mass is 15.2. The molecule has 1 nitrogen and oxygen atoms in total. The molecule has 1 heteroatoms. The molecule has 0 saturated carbocycles. The monoisotopic (exact) mass is 183 g/mol. The maximum atomic E-state index is 2.66. The summed E-state index contributed by atoms with van der Waals surface area (Å²) in [6.07, 6.45) is 4.20. The van der Waals surface area contributed by atoms with Crippen molar-refractivity contribution in [2.75, 3.05) is 13.1 Å². The summed E-state index contributed by atoms with van der Waals surface area (Å²) in [7, 11) is 0. The van der Waals surface area contributed by atoms with Crippen LogP contribution in [0.3, 0.4) is 0 Å². The Morgan fingerprint density at radius 1 is 0.769 bits per heavy atom. The van der Waals surface area contributed by atoms with E-state index < -0.39 is 0 Å². The molecule has 1 rings (SSSR count). The molecule has 13 heavy (non-hydrogen) atoms. The summed E-state index contributed by atoms with van der Waals surface area (Å²) in [6.45, 7) is 14.4. The van der Waals surface area contributed by atoms with Gasteiger partial charge in [-0.1, -0.05) is 27.2 Å². The molecular weight excluding hydrogens is 158 g/mol. The van der Waals surface area contributed by atoms with Crippen LogP contribution in [0.4, 0.5) is 0 Å². The zero-order valence-corrected chi connectivity index (χ0v) is 9.98. The third kappa shape index (κ3) is 2.25. The smallest absolute Gasteiger partial charge is 0.0201 e. The van der Waals surface area contributed by atoms with E-state index in [0.717, 1.165) is 0 Å². The fraction of sp³-hybridized carbons (Fsp3) is 1.00. The molecule has 1 heterocycles. The van der Waals surface area contributed by atoms with Crippen molar-refractivity contribution in [3.05, 3.63) is 0 Å². The predicted octanol–water partition coefficient (Wildman–Crippen LogP) is 3.30. The first kappa shape index (κ1) is 11.0. The highest BCUT2D eigenvalue weighted by Crippen LogP contribution is 2.36. The van der Waals surface area contributed by atoms with Gasteiger partial charge in [-0.2, -0.15) is 0 Å². The molecule has 1 fully saturated rings. The van der Waals surface area contributed by atoms with Crippen LogP contribution in [-0.4, -0.2) is 23.5 Å². The number of piperidine rings is 1. The fourth-order valence-electron chi connectivity index (χ4n) is 1.93. The Labute approximate surface area is 83.5 Å². The SMILES string of the molecule is CC(C)(C)C(C)(C)N1CCCCC1. The van der Waals surface area contributed by atoms with Crippen LogP contribution in [0.2, 0.25) is 0 Å². The minimum Gasteiger partial charge on any atom is -0.298 e. The molecule has 0 N–H and O–H groups in total. The summed E-state index contributed by atoms with van der Waals surface area (Å²) >= 11 is 0. The molecule has 78 valence electrons. The molecule has 1 saturated heterocycles. The van der Waals surface area contributed by atoms with Crippen molar-refractivity contribution in [1.29, 1.82) is 0 Å². The van der Waals surface area contributed by atoms with E-state index >= 15 is 0 Å². The summed E-state index contributed by atoms with van der Waals surface area (Å²) in [5.74, 6) is 0. The molecule has 0 spiro atoms. The summed E-state index contributed by atoms with van der Waals surface area (Å²) < 4.78 is 0. The van der Waals surface area contributed by atoms with Gasteiger partial charge in [0.05, 0.1) is 0 Å². The third-order valence-electron chi connectivity index (χ3n) is 3.98. The lowest BCUT2D eigenvalue weighted by Gasteiger charge is -2.49. The summed E-state index contributed by atoms with van der Waals surface area (Å²) in [4.78, 5) is 2.66. The van der Waals surface area contributed by atoms with E-state index in [4.69, 9.17) is 0 Å². The van der Waals surface area contributed by atoms with Gasteiger partial charge in [0, 0.05) is 5.54 Å². The zero-order valence-electron chi connectivity index (χ0n) is 9.98. The summed E-state index contributed by atoms with van der Waals surface area (Å²) in [5, 5.41) is 0. The number of likely N-dealkylation sites (tertiary alicyclic amines) is 1.